The van der Waals surface area contributed by atoms with Gasteiger partial charge in [-0.05, 0) is 20.4 Å². The molecule has 1 heterocycles. The van der Waals surface area contributed by atoms with Gasteiger partial charge < -0.3 is 5.73 Å². The normalized spacial score (nSPS) is 34.7. The quantitative estimate of drug-likeness (QED) is 0.542. The molecule has 0 aromatic rings. The summed E-state index contributed by atoms with van der Waals surface area (Å²) in [5.74, 6) is 0.188. The molecular formula is C7H14N2O. The monoisotopic (exact) mass is 142 g/mol. The third-order valence-electron chi connectivity index (χ3n) is 2.11. The largest absolute Gasteiger partial charge is 0.326 e. The van der Waals surface area contributed by atoms with Crippen LogP contribution in [0.25, 0.3) is 0 Å². The highest BCUT2D eigenvalue weighted by atomic mass is 16.1. The van der Waals surface area contributed by atoms with E-state index in [9.17, 15) is 4.79 Å². The number of Topliss-reactive ketones (excluding diaryl/α,β-unsaturated/α-hetero) is 1. The van der Waals surface area contributed by atoms with Crippen molar-refractivity contribution in [1.82, 2.24) is 4.90 Å². The van der Waals surface area contributed by atoms with Crippen LogP contribution in [0, 0.1) is 0 Å². The lowest BCUT2D eigenvalue weighted by Crippen LogP contribution is -2.42. The van der Waals surface area contributed by atoms with Gasteiger partial charge in [0.25, 0.3) is 0 Å². The molecule has 10 heavy (non-hydrogen) atoms. The Morgan fingerprint density at radius 1 is 1.70 bits per heavy atom. The maximum absolute atomic E-state index is 10.9. The Bertz CT molecular complexity index is 137. The molecule has 1 fully saturated rings. The fourth-order valence-electron chi connectivity index (χ4n) is 1.59. The molecule has 2 atom stereocenters. The van der Waals surface area contributed by atoms with Crippen molar-refractivity contribution in [3.05, 3.63) is 0 Å². The molecule has 0 saturated carbocycles. The second kappa shape index (κ2) is 2.68. The zero-order chi connectivity index (χ0) is 7.72. The van der Waals surface area contributed by atoms with Crippen molar-refractivity contribution in [2.24, 2.45) is 5.73 Å². The van der Waals surface area contributed by atoms with E-state index in [4.69, 9.17) is 5.73 Å². The summed E-state index contributed by atoms with van der Waals surface area (Å²) >= 11 is 0. The van der Waals surface area contributed by atoms with Gasteiger partial charge in [-0.15, -0.1) is 0 Å². The standard InChI is InChI=1S/C7H14N2O/c1-5(10)7-6(8)3-4-9(7)2/h6-7H,3-4,8H2,1-2H3/t6-,7+/m1/s1. The van der Waals surface area contributed by atoms with E-state index in [0.29, 0.717) is 0 Å². The Labute approximate surface area is 61.2 Å². The van der Waals surface area contributed by atoms with Gasteiger partial charge in [-0.25, -0.2) is 0 Å². The van der Waals surface area contributed by atoms with E-state index in [1.54, 1.807) is 6.92 Å². The molecule has 0 unspecified atom stereocenters. The lowest BCUT2D eigenvalue weighted by Gasteiger charge is -2.18. The van der Waals surface area contributed by atoms with E-state index in [-0.39, 0.29) is 17.9 Å². The minimum Gasteiger partial charge on any atom is -0.326 e. The van der Waals surface area contributed by atoms with Gasteiger partial charge in [0.05, 0.1) is 6.04 Å². The van der Waals surface area contributed by atoms with Crippen LogP contribution in [0.5, 0.6) is 0 Å². The molecule has 1 saturated heterocycles. The Kier molecular flexibility index (Phi) is 2.06. The first-order valence-corrected chi connectivity index (χ1v) is 3.59. The van der Waals surface area contributed by atoms with Crippen molar-refractivity contribution >= 4 is 5.78 Å². The second-order valence-electron chi connectivity index (χ2n) is 2.99. The van der Waals surface area contributed by atoms with Crippen molar-refractivity contribution in [1.29, 1.82) is 0 Å². The van der Waals surface area contributed by atoms with E-state index in [2.05, 4.69) is 0 Å². The molecule has 58 valence electrons. The van der Waals surface area contributed by atoms with E-state index in [0.717, 1.165) is 13.0 Å². The number of carbonyl (C=O) groups is 1. The van der Waals surface area contributed by atoms with Crippen LogP contribution in [0.3, 0.4) is 0 Å². The number of hydrogen-bond donors (Lipinski definition) is 1. The van der Waals surface area contributed by atoms with E-state index < -0.39 is 0 Å². The van der Waals surface area contributed by atoms with Crippen LogP contribution < -0.4 is 5.73 Å². The minimum absolute atomic E-state index is 0.0278. The smallest absolute Gasteiger partial charge is 0.148 e. The van der Waals surface area contributed by atoms with E-state index in [1.807, 2.05) is 11.9 Å². The van der Waals surface area contributed by atoms with Gasteiger partial charge in [0, 0.05) is 12.6 Å². The topological polar surface area (TPSA) is 46.3 Å². The SMILES string of the molecule is CC(=O)[C@H]1[C@H](N)CCN1C. The van der Waals surface area contributed by atoms with Crippen LogP contribution in [0.4, 0.5) is 0 Å². The number of rotatable bonds is 1. The molecule has 0 amide bonds. The fraction of sp³-hybridized carbons (Fsp3) is 0.857. The number of ketones is 1. The third kappa shape index (κ3) is 1.20. The molecule has 0 aromatic heterocycles. The molecule has 0 spiro atoms. The number of hydrogen-bond acceptors (Lipinski definition) is 3. The first-order valence-electron chi connectivity index (χ1n) is 3.59. The zero-order valence-corrected chi connectivity index (χ0v) is 6.50. The second-order valence-corrected chi connectivity index (χ2v) is 2.99. The Hall–Kier alpha value is -0.410. The van der Waals surface area contributed by atoms with Crippen molar-refractivity contribution in [3.8, 4) is 0 Å². The predicted molar refractivity (Wildman–Crippen MR) is 39.7 cm³/mol. The zero-order valence-electron chi connectivity index (χ0n) is 6.50. The molecule has 0 aromatic carbocycles. The maximum atomic E-state index is 10.9. The molecule has 3 heteroatoms. The van der Waals surface area contributed by atoms with E-state index >= 15 is 0 Å². The van der Waals surface area contributed by atoms with Crippen LogP contribution in [0.2, 0.25) is 0 Å². The summed E-state index contributed by atoms with van der Waals surface area (Å²) in [6.07, 6.45) is 0.945. The Morgan fingerprint density at radius 3 is 2.50 bits per heavy atom. The van der Waals surface area contributed by atoms with Crippen LogP contribution in [0.15, 0.2) is 0 Å². The van der Waals surface area contributed by atoms with Gasteiger partial charge in [0.2, 0.25) is 0 Å². The summed E-state index contributed by atoms with van der Waals surface area (Å²) < 4.78 is 0. The van der Waals surface area contributed by atoms with Crippen LogP contribution in [-0.2, 0) is 4.79 Å². The maximum Gasteiger partial charge on any atom is 0.148 e. The highest BCUT2D eigenvalue weighted by molar-refractivity contribution is 5.82. The molecule has 3 nitrogen and oxygen atoms in total. The van der Waals surface area contributed by atoms with Gasteiger partial charge in [-0.3, -0.25) is 9.69 Å². The van der Waals surface area contributed by atoms with Crippen molar-refractivity contribution in [2.45, 2.75) is 25.4 Å². The van der Waals surface area contributed by atoms with Crippen molar-refractivity contribution < 1.29 is 4.79 Å². The number of likely N-dealkylation sites (tertiary alicyclic amines) is 1. The lowest BCUT2D eigenvalue weighted by molar-refractivity contribution is -0.121. The van der Waals surface area contributed by atoms with Crippen LogP contribution in [0.1, 0.15) is 13.3 Å². The molecule has 0 aliphatic carbocycles. The van der Waals surface area contributed by atoms with Crippen LogP contribution >= 0.6 is 0 Å². The van der Waals surface area contributed by atoms with Gasteiger partial charge in [0.1, 0.15) is 5.78 Å². The molecule has 1 aliphatic rings. The summed E-state index contributed by atoms with van der Waals surface area (Å²) in [7, 11) is 1.94. The van der Waals surface area contributed by atoms with E-state index in [1.165, 1.54) is 0 Å². The summed E-state index contributed by atoms with van der Waals surface area (Å²) in [6, 6.07) is 0.0301. The predicted octanol–water partition coefficient (Wildman–Crippen LogP) is -0.393. The summed E-state index contributed by atoms with van der Waals surface area (Å²) in [4.78, 5) is 13.0. The number of nitrogens with zero attached hydrogens (tertiary/aromatic N) is 1. The highest BCUT2D eigenvalue weighted by Crippen LogP contribution is 2.13. The lowest BCUT2D eigenvalue weighted by atomic mass is 10.1. The first-order chi connectivity index (χ1) is 4.63. The molecule has 0 radical (unpaired) electrons. The Balaban J connectivity index is 2.63. The van der Waals surface area contributed by atoms with Gasteiger partial charge in [-0.1, -0.05) is 0 Å². The number of carbonyl (C=O) groups excluding carboxylic acids is 1. The molecule has 2 N–H and O–H groups in total. The molecule has 1 rings (SSSR count). The highest BCUT2D eigenvalue weighted by Gasteiger charge is 2.31. The Morgan fingerprint density at radius 2 is 2.30 bits per heavy atom. The van der Waals surface area contributed by atoms with Gasteiger partial charge in [-0.2, -0.15) is 0 Å². The molecular weight excluding hydrogens is 128 g/mol. The summed E-state index contributed by atoms with van der Waals surface area (Å²) in [5, 5.41) is 0. The van der Waals surface area contributed by atoms with Crippen molar-refractivity contribution in [3.63, 3.8) is 0 Å². The minimum atomic E-state index is -0.0278. The van der Waals surface area contributed by atoms with Crippen LogP contribution in [-0.4, -0.2) is 36.4 Å². The van der Waals surface area contributed by atoms with Gasteiger partial charge >= 0.3 is 0 Å². The summed E-state index contributed by atoms with van der Waals surface area (Å²) in [6.45, 7) is 2.55. The molecule has 1 aliphatic heterocycles. The fourth-order valence-corrected chi connectivity index (χ4v) is 1.59. The third-order valence-corrected chi connectivity index (χ3v) is 2.11. The average molecular weight is 142 g/mol. The van der Waals surface area contributed by atoms with Gasteiger partial charge in [0.15, 0.2) is 0 Å². The molecule has 0 bridgehead atoms. The number of nitrogens with two attached hydrogens (primary N) is 1. The average Bonchev–Trinajstić information content (AvgIpc) is 2.11. The van der Waals surface area contributed by atoms with Crippen molar-refractivity contribution in [2.75, 3.05) is 13.6 Å². The number of likely N-dealkylation sites (N-methyl/N-ethyl adjacent to an activating group) is 1. The summed E-state index contributed by atoms with van der Waals surface area (Å²) in [5.41, 5.74) is 5.71. The first kappa shape index (κ1) is 7.69.